The number of aryl methyl sites for hydroxylation is 1. The molecule has 0 saturated carbocycles. The minimum absolute atomic E-state index is 0.0256. The Balaban J connectivity index is 1.35. The zero-order chi connectivity index (χ0) is 22.3. The molecule has 2 heterocycles. The molecule has 0 atom stereocenters. The molecule has 164 valence electrons. The Morgan fingerprint density at radius 2 is 1.81 bits per heavy atom. The van der Waals surface area contributed by atoms with Crippen LogP contribution in [0.1, 0.15) is 44.7 Å². The fraction of sp³-hybridized carbons (Fsp3) is 0.269. The highest BCUT2D eigenvalue weighted by Gasteiger charge is 2.24. The molecule has 0 radical (unpaired) electrons. The van der Waals surface area contributed by atoms with Crippen molar-refractivity contribution >= 4 is 17.5 Å². The number of para-hydroxylation sites is 1. The van der Waals surface area contributed by atoms with E-state index in [0.717, 1.165) is 42.7 Å². The normalized spacial score (nSPS) is 14.1. The van der Waals surface area contributed by atoms with Gasteiger partial charge >= 0.3 is 0 Å². The van der Waals surface area contributed by atoms with Gasteiger partial charge in [-0.05, 0) is 55.7 Å². The monoisotopic (exact) mass is 428 g/mol. The predicted molar refractivity (Wildman–Crippen MR) is 126 cm³/mol. The van der Waals surface area contributed by atoms with Crippen molar-refractivity contribution in [2.24, 2.45) is 0 Å². The number of nitrogens with one attached hydrogen (secondary N) is 2. The van der Waals surface area contributed by atoms with E-state index in [1.165, 1.54) is 0 Å². The van der Waals surface area contributed by atoms with Crippen molar-refractivity contribution in [3.05, 3.63) is 95.3 Å². The first-order valence-corrected chi connectivity index (χ1v) is 11.0. The van der Waals surface area contributed by atoms with Gasteiger partial charge in [-0.1, -0.05) is 35.9 Å². The van der Waals surface area contributed by atoms with Gasteiger partial charge in [-0.15, -0.1) is 0 Å². The molecule has 0 spiro atoms. The maximum Gasteiger partial charge on any atom is 0.253 e. The molecule has 2 N–H and O–H groups in total. The Morgan fingerprint density at radius 3 is 2.56 bits per heavy atom. The van der Waals surface area contributed by atoms with E-state index in [4.69, 9.17) is 0 Å². The summed E-state index contributed by atoms with van der Waals surface area (Å²) < 4.78 is 0. The van der Waals surface area contributed by atoms with E-state index in [9.17, 15) is 9.59 Å². The lowest BCUT2D eigenvalue weighted by Gasteiger charge is -2.35. The Labute approximate surface area is 188 Å². The number of nitrogens with zero attached hydrogens (tertiary/aromatic N) is 2. The van der Waals surface area contributed by atoms with Crippen molar-refractivity contribution in [3.8, 4) is 0 Å². The number of pyridine rings is 1. The first-order valence-electron chi connectivity index (χ1n) is 11.0. The largest absolute Gasteiger partial charge is 0.371 e. The maximum atomic E-state index is 12.9. The summed E-state index contributed by atoms with van der Waals surface area (Å²) in [5, 5.41) is 6.15. The van der Waals surface area contributed by atoms with Crippen LogP contribution in [0.15, 0.2) is 73.1 Å². The SMILES string of the molecule is Cc1cccc(C(=O)NC2CCN(c3ccccc3C(=O)NCc3cccnc3)CC2)c1. The highest BCUT2D eigenvalue weighted by molar-refractivity contribution is 5.99. The molecule has 6 heteroatoms. The van der Waals surface area contributed by atoms with Crippen LogP contribution in [-0.4, -0.2) is 35.9 Å². The summed E-state index contributed by atoms with van der Waals surface area (Å²) >= 11 is 0. The molecule has 0 unspecified atom stereocenters. The second-order valence-electron chi connectivity index (χ2n) is 8.17. The van der Waals surface area contributed by atoms with Gasteiger partial charge in [0.1, 0.15) is 0 Å². The Kier molecular flexibility index (Phi) is 6.80. The number of anilines is 1. The van der Waals surface area contributed by atoms with E-state index in [0.29, 0.717) is 17.7 Å². The minimum atomic E-state index is -0.0978. The van der Waals surface area contributed by atoms with Crippen LogP contribution in [0.4, 0.5) is 5.69 Å². The standard InChI is InChI=1S/C26H28N4O2/c1-19-6-4-8-21(16-19)25(31)29-22-11-14-30(15-12-22)24-10-3-2-9-23(24)26(32)28-18-20-7-5-13-27-17-20/h2-10,13,16-17,22H,11-12,14-15,18H2,1H3,(H,28,32)(H,29,31). The van der Waals surface area contributed by atoms with Crippen molar-refractivity contribution in [1.82, 2.24) is 15.6 Å². The summed E-state index contributed by atoms with van der Waals surface area (Å²) in [5.74, 6) is -0.123. The number of hydrogen-bond donors (Lipinski definition) is 2. The molecular formula is C26H28N4O2. The lowest BCUT2D eigenvalue weighted by molar-refractivity contribution is 0.0929. The number of benzene rings is 2. The van der Waals surface area contributed by atoms with E-state index < -0.39 is 0 Å². The van der Waals surface area contributed by atoms with Crippen LogP contribution in [0.2, 0.25) is 0 Å². The number of rotatable bonds is 6. The van der Waals surface area contributed by atoms with E-state index >= 15 is 0 Å². The van der Waals surface area contributed by atoms with Crippen molar-refractivity contribution in [2.45, 2.75) is 32.4 Å². The first kappa shape index (κ1) is 21.6. The zero-order valence-corrected chi connectivity index (χ0v) is 18.3. The van der Waals surface area contributed by atoms with E-state index in [1.807, 2.05) is 67.6 Å². The molecule has 4 rings (SSSR count). The van der Waals surface area contributed by atoms with Gasteiger partial charge in [0.25, 0.3) is 11.8 Å². The van der Waals surface area contributed by atoms with Crippen LogP contribution in [-0.2, 0) is 6.54 Å². The minimum Gasteiger partial charge on any atom is -0.371 e. The van der Waals surface area contributed by atoms with Gasteiger partial charge in [0.2, 0.25) is 0 Å². The number of piperidine rings is 1. The zero-order valence-electron chi connectivity index (χ0n) is 18.3. The van der Waals surface area contributed by atoms with Crippen LogP contribution >= 0.6 is 0 Å². The summed E-state index contributed by atoms with van der Waals surface area (Å²) in [5.41, 5.74) is 4.33. The van der Waals surface area contributed by atoms with Gasteiger partial charge in [0.05, 0.1) is 5.56 Å². The molecule has 1 aliphatic heterocycles. The maximum absolute atomic E-state index is 12.9. The molecule has 0 bridgehead atoms. The van der Waals surface area contributed by atoms with Crippen molar-refractivity contribution < 1.29 is 9.59 Å². The quantitative estimate of drug-likeness (QED) is 0.628. The van der Waals surface area contributed by atoms with Crippen LogP contribution in [0.5, 0.6) is 0 Å². The van der Waals surface area contributed by atoms with Crippen molar-refractivity contribution in [1.29, 1.82) is 0 Å². The lowest BCUT2D eigenvalue weighted by Crippen LogP contribution is -2.45. The molecule has 1 aromatic heterocycles. The molecule has 2 amide bonds. The Morgan fingerprint density at radius 1 is 1.00 bits per heavy atom. The molecule has 1 saturated heterocycles. The third-order valence-electron chi connectivity index (χ3n) is 5.78. The lowest BCUT2D eigenvalue weighted by atomic mass is 10.0. The average Bonchev–Trinajstić information content (AvgIpc) is 2.84. The van der Waals surface area contributed by atoms with Gasteiger partial charge in [0.15, 0.2) is 0 Å². The third kappa shape index (κ3) is 5.32. The summed E-state index contributed by atoms with van der Waals surface area (Å²) in [7, 11) is 0. The molecule has 2 aromatic carbocycles. The second-order valence-corrected chi connectivity index (χ2v) is 8.17. The second kappa shape index (κ2) is 10.1. The summed E-state index contributed by atoms with van der Waals surface area (Å²) in [6.07, 6.45) is 5.14. The van der Waals surface area contributed by atoms with E-state index in [1.54, 1.807) is 12.4 Å². The van der Waals surface area contributed by atoms with Gasteiger partial charge in [-0.3, -0.25) is 14.6 Å². The Hall–Kier alpha value is -3.67. The fourth-order valence-corrected chi connectivity index (χ4v) is 4.04. The van der Waals surface area contributed by atoms with Gasteiger partial charge in [0, 0.05) is 49.3 Å². The number of carbonyl (C=O) groups is 2. The van der Waals surface area contributed by atoms with Crippen molar-refractivity contribution in [2.75, 3.05) is 18.0 Å². The topological polar surface area (TPSA) is 74.3 Å². The van der Waals surface area contributed by atoms with Crippen LogP contribution in [0.25, 0.3) is 0 Å². The van der Waals surface area contributed by atoms with Gasteiger partial charge < -0.3 is 15.5 Å². The van der Waals surface area contributed by atoms with E-state index in [-0.39, 0.29) is 17.9 Å². The average molecular weight is 429 g/mol. The summed E-state index contributed by atoms with van der Waals surface area (Å²) in [6, 6.07) is 19.3. The highest BCUT2D eigenvalue weighted by Crippen LogP contribution is 2.24. The number of amides is 2. The first-order chi connectivity index (χ1) is 15.6. The molecule has 3 aromatic rings. The Bertz CT molecular complexity index is 1080. The summed E-state index contributed by atoms with van der Waals surface area (Å²) in [6.45, 7) is 3.99. The molecule has 1 aliphatic rings. The van der Waals surface area contributed by atoms with Gasteiger partial charge in [-0.2, -0.15) is 0 Å². The number of hydrogen-bond acceptors (Lipinski definition) is 4. The number of carbonyl (C=O) groups excluding carboxylic acids is 2. The smallest absolute Gasteiger partial charge is 0.253 e. The third-order valence-corrected chi connectivity index (χ3v) is 5.78. The summed E-state index contributed by atoms with van der Waals surface area (Å²) in [4.78, 5) is 31.7. The van der Waals surface area contributed by atoms with Crippen molar-refractivity contribution in [3.63, 3.8) is 0 Å². The molecule has 0 aliphatic carbocycles. The van der Waals surface area contributed by atoms with Crippen LogP contribution < -0.4 is 15.5 Å². The number of aromatic nitrogens is 1. The van der Waals surface area contributed by atoms with E-state index in [2.05, 4.69) is 20.5 Å². The fourth-order valence-electron chi connectivity index (χ4n) is 4.04. The highest BCUT2D eigenvalue weighted by atomic mass is 16.2. The van der Waals surface area contributed by atoms with Gasteiger partial charge in [-0.25, -0.2) is 0 Å². The van der Waals surface area contributed by atoms with Crippen LogP contribution in [0.3, 0.4) is 0 Å². The molecule has 1 fully saturated rings. The molecular weight excluding hydrogens is 400 g/mol. The predicted octanol–water partition coefficient (Wildman–Crippen LogP) is 3.72. The molecule has 32 heavy (non-hydrogen) atoms. The molecule has 6 nitrogen and oxygen atoms in total. The van der Waals surface area contributed by atoms with Crippen LogP contribution in [0, 0.1) is 6.92 Å².